The predicted octanol–water partition coefficient (Wildman–Crippen LogP) is 4.43. The van der Waals surface area contributed by atoms with Crippen molar-refractivity contribution in [3.63, 3.8) is 0 Å². The van der Waals surface area contributed by atoms with Gasteiger partial charge in [-0.05, 0) is 55.5 Å². The molecule has 0 saturated carbocycles. The van der Waals surface area contributed by atoms with Gasteiger partial charge in [0.1, 0.15) is 18.0 Å². The molecule has 7 nitrogen and oxygen atoms in total. The molecule has 1 N–H and O–H groups in total. The molecule has 0 radical (unpaired) electrons. The molecule has 0 saturated heterocycles. The minimum Gasteiger partial charge on any atom is -0.497 e. The number of hydrogen-bond donors (Lipinski definition) is 1. The molecule has 0 spiro atoms. The third-order valence-corrected chi connectivity index (χ3v) is 7.02. The van der Waals surface area contributed by atoms with Crippen molar-refractivity contribution in [3.05, 3.63) is 83.4 Å². The molecule has 3 rings (SSSR count). The first-order valence-electron chi connectivity index (χ1n) is 10.1. The van der Waals surface area contributed by atoms with E-state index >= 15 is 0 Å². The molecule has 1 atom stereocenters. The van der Waals surface area contributed by atoms with Crippen LogP contribution in [0.5, 0.6) is 11.5 Å². The highest BCUT2D eigenvalue weighted by atomic mass is 35.5. The molecule has 174 valence electrons. The van der Waals surface area contributed by atoms with E-state index in [2.05, 4.69) is 5.32 Å². The fraction of sp³-hybridized carbons (Fsp3) is 0.208. The molecular weight excluding hydrogens is 464 g/mol. The molecule has 3 aromatic rings. The normalized spacial score (nSPS) is 12.0. The Kier molecular flexibility index (Phi) is 7.84. The Labute approximate surface area is 198 Å². The maximum absolute atomic E-state index is 13.4. The summed E-state index contributed by atoms with van der Waals surface area (Å²) in [5, 5.41) is 3.20. The van der Waals surface area contributed by atoms with Crippen LogP contribution in [0.4, 0.5) is 5.69 Å². The van der Waals surface area contributed by atoms with Crippen molar-refractivity contribution in [2.24, 2.45) is 0 Å². The lowest BCUT2D eigenvalue weighted by Crippen LogP contribution is -2.41. The molecule has 0 bridgehead atoms. The standard InChI is InChI=1S/C24H25ClN2O5S/c1-17(22-15-20(31-2)12-13-23(22)32-3)26-24(28)16-27(19-9-7-8-18(25)14-19)33(29,30)21-10-5-4-6-11-21/h4-15,17H,16H2,1-3H3,(H,26,28)/t17-/m0/s1. The van der Waals surface area contributed by atoms with Crippen LogP contribution in [-0.2, 0) is 14.8 Å². The van der Waals surface area contributed by atoms with E-state index in [-0.39, 0.29) is 10.6 Å². The highest BCUT2D eigenvalue weighted by Gasteiger charge is 2.28. The van der Waals surface area contributed by atoms with Gasteiger partial charge in [-0.15, -0.1) is 0 Å². The number of anilines is 1. The van der Waals surface area contributed by atoms with Crippen molar-refractivity contribution in [2.75, 3.05) is 25.1 Å². The lowest BCUT2D eigenvalue weighted by atomic mass is 10.1. The minimum absolute atomic E-state index is 0.0697. The van der Waals surface area contributed by atoms with Gasteiger partial charge >= 0.3 is 0 Å². The first-order chi connectivity index (χ1) is 15.8. The Morgan fingerprint density at radius 1 is 1.00 bits per heavy atom. The van der Waals surface area contributed by atoms with Gasteiger partial charge in [0.15, 0.2) is 0 Å². The fourth-order valence-electron chi connectivity index (χ4n) is 3.34. The third kappa shape index (κ3) is 5.77. The van der Waals surface area contributed by atoms with Crippen LogP contribution in [0.3, 0.4) is 0 Å². The van der Waals surface area contributed by atoms with Gasteiger partial charge < -0.3 is 14.8 Å². The number of carbonyl (C=O) groups excluding carboxylic acids is 1. The summed E-state index contributed by atoms with van der Waals surface area (Å²) in [6.07, 6.45) is 0. The number of benzene rings is 3. The van der Waals surface area contributed by atoms with Gasteiger partial charge in [0.05, 0.1) is 30.8 Å². The smallest absolute Gasteiger partial charge is 0.264 e. The summed E-state index contributed by atoms with van der Waals surface area (Å²) in [6.45, 7) is 1.35. The van der Waals surface area contributed by atoms with E-state index in [4.69, 9.17) is 21.1 Å². The fourth-order valence-corrected chi connectivity index (χ4v) is 4.96. The number of hydrogen-bond acceptors (Lipinski definition) is 5. The maximum Gasteiger partial charge on any atom is 0.264 e. The van der Waals surface area contributed by atoms with Gasteiger partial charge in [0.25, 0.3) is 10.0 Å². The monoisotopic (exact) mass is 488 g/mol. The number of nitrogens with zero attached hydrogens (tertiary/aromatic N) is 1. The predicted molar refractivity (Wildman–Crippen MR) is 129 cm³/mol. The van der Waals surface area contributed by atoms with Crippen molar-refractivity contribution in [1.29, 1.82) is 0 Å². The van der Waals surface area contributed by atoms with Crippen molar-refractivity contribution >= 4 is 33.2 Å². The van der Waals surface area contributed by atoms with E-state index in [1.54, 1.807) is 68.6 Å². The van der Waals surface area contributed by atoms with E-state index in [0.717, 1.165) is 4.31 Å². The van der Waals surface area contributed by atoms with Crippen LogP contribution in [0.25, 0.3) is 0 Å². The molecule has 0 unspecified atom stereocenters. The number of sulfonamides is 1. The second-order valence-corrected chi connectivity index (χ2v) is 9.50. The van der Waals surface area contributed by atoms with E-state index < -0.39 is 28.5 Å². The summed E-state index contributed by atoms with van der Waals surface area (Å²) in [5.41, 5.74) is 0.985. The molecule has 1 amide bonds. The SMILES string of the molecule is COc1ccc(OC)c([C@H](C)NC(=O)CN(c2cccc(Cl)c2)S(=O)(=O)c2ccccc2)c1. The van der Waals surface area contributed by atoms with Crippen LogP contribution < -0.4 is 19.1 Å². The molecule has 0 fully saturated rings. The van der Waals surface area contributed by atoms with Crippen LogP contribution >= 0.6 is 11.6 Å². The maximum atomic E-state index is 13.4. The molecule has 0 aromatic heterocycles. The third-order valence-electron chi connectivity index (χ3n) is 5.00. The number of halogens is 1. The highest BCUT2D eigenvalue weighted by Crippen LogP contribution is 2.30. The van der Waals surface area contributed by atoms with E-state index in [1.807, 2.05) is 0 Å². The van der Waals surface area contributed by atoms with Gasteiger partial charge in [-0.2, -0.15) is 0 Å². The summed E-state index contributed by atoms with van der Waals surface area (Å²) in [6, 6.07) is 19.1. The van der Waals surface area contributed by atoms with Crippen LogP contribution in [-0.4, -0.2) is 35.1 Å². The van der Waals surface area contributed by atoms with E-state index in [1.165, 1.54) is 25.3 Å². The Balaban J connectivity index is 1.90. The number of nitrogens with one attached hydrogen (secondary N) is 1. The van der Waals surface area contributed by atoms with Gasteiger partial charge in [0, 0.05) is 10.6 Å². The summed E-state index contributed by atoms with van der Waals surface area (Å²) < 4.78 is 38.5. The summed E-state index contributed by atoms with van der Waals surface area (Å²) in [4.78, 5) is 13.1. The molecule has 0 aliphatic carbocycles. The van der Waals surface area contributed by atoms with Gasteiger partial charge in [-0.3, -0.25) is 9.10 Å². The summed E-state index contributed by atoms with van der Waals surface area (Å²) >= 11 is 6.10. The van der Waals surface area contributed by atoms with Crippen molar-refractivity contribution in [1.82, 2.24) is 5.32 Å². The number of methoxy groups -OCH3 is 2. The topological polar surface area (TPSA) is 84.9 Å². The Hall–Kier alpha value is -3.23. The average Bonchev–Trinajstić information content (AvgIpc) is 2.82. The molecule has 3 aromatic carbocycles. The first-order valence-corrected chi connectivity index (χ1v) is 11.9. The van der Waals surface area contributed by atoms with Crippen LogP contribution in [0.1, 0.15) is 18.5 Å². The molecule has 33 heavy (non-hydrogen) atoms. The summed E-state index contributed by atoms with van der Waals surface area (Å²) in [5.74, 6) is 0.693. The molecule has 0 heterocycles. The van der Waals surface area contributed by atoms with Gasteiger partial charge in [0.2, 0.25) is 5.91 Å². The zero-order valence-electron chi connectivity index (χ0n) is 18.5. The second kappa shape index (κ2) is 10.6. The molecule has 0 aliphatic rings. The lowest BCUT2D eigenvalue weighted by Gasteiger charge is -2.25. The second-order valence-electron chi connectivity index (χ2n) is 7.20. The van der Waals surface area contributed by atoms with Crippen molar-refractivity contribution in [2.45, 2.75) is 17.9 Å². The highest BCUT2D eigenvalue weighted by molar-refractivity contribution is 7.92. The molecule has 0 aliphatic heterocycles. The zero-order valence-corrected chi connectivity index (χ0v) is 20.1. The Morgan fingerprint density at radius 3 is 2.36 bits per heavy atom. The van der Waals surface area contributed by atoms with Crippen molar-refractivity contribution < 1.29 is 22.7 Å². The lowest BCUT2D eigenvalue weighted by molar-refractivity contribution is -0.120. The van der Waals surface area contributed by atoms with Gasteiger partial charge in [-0.1, -0.05) is 35.9 Å². The largest absolute Gasteiger partial charge is 0.497 e. The quantitative estimate of drug-likeness (QED) is 0.481. The zero-order chi connectivity index (χ0) is 24.0. The Morgan fingerprint density at radius 2 is 1.73 bits per heavy atom. The minimum atomic E-state index is -4.02. The molecular formula is C24H25ClN2O5S. The number of carbonyl (C=O) groups is 1. The number of ether oxygens (including phenoxy) is 2. The summed E-state index contributed by atoms with van der Waals surface area (Å²) in [7, 11) is -0.938. The van der Waals surface area contributed by atoms with Crippen LogP contribution in [0.2, 0.25) is 5.02 Å². The first kappa shape index (κ1) is 24.4. The van der Waals surface area contributed by atoms with E-state index in [9.17, 15) is 13.2 Å². The average molecular weight is 489 g/mol. The van der Waals surface area contributed by atoms with Crippen molar-refractivity contribution in [3.8, 4) is 11.5 Å². The molecule has 9 heteroatoms. The van der Waals surface area contributed by atoms with Crippen LogP contribution in [0, 0.1) is 0 Å². The number of rotatable bonds is 9. The Bertz CT molecular complexity index is 1220. The number of amides is 1. The van der Waals surface area contributed by atoms with Gasteiger partial charge in [-0.25, -0.2) is 8.42 Å². The van der Waals surface area contributed by atoms with E-state index in [0.29, 0.717) is 22.1 Å². The van der Waals surface area contributed by atoms with Crippen LogP contribution in [0.15, 0.2) is 77.7 Å².